The van der Waals surface area contributed by atoms with Crippen LogP contribution < -0.4 is 5.32 Å². The van der Waals surface area contributed by atoms with Crippen LogP contribution in [0.3, 0.4) is 0 Å². The molecule has 0 amide bonds. The lowest BCUT2D eigenvalue weighted by Crippen LogP contribution is -2.34. The standard InChI is InChI=1S/C12H23NO/c1-2-6-11-12(14-11)9-13-10-7-4-3-5-8-10/h10-13H,2-9H2,1H3/t11-,12-/m1/s1. The predicted molar refractivity (Wildman–Crippen MR) is 58.4 cm³/mol. The van der Waals surface area contributed by atoms with E-state index in [1.807, 2.05) is 0 Å². The fourth-order valence-electron chi connectivity index (χ4n) is 2.49. The van der Waals surface area contributed by atoms with Crippen LogP contribution in [0.4, 0.5) is 0 Å². The van der Waals surface area contributed by atoms with Crippen molar-refractivity contribution < 1.29 is 4.74 Å². The SMILES string of the molecule is CCC[C@H]1O[C@@H]1CNC1CCCCC1. The molecule has 1 saturated carbocycles. The number of nitrogens with one attached hydrogen (secondary N) is 1. The minimum Gasteiger partial charge on any atom is -0.368 e. The molecule has 2 aliphatic rings. The van der Waals surface area contributed by atoms with Crippen LogP contribution in [0.15, 0.2) is 0 Å². The second-order valence-electron chi connectivity index (χ2n) is 4.74. The molecule has 1 aliphatic heterocycles. The number of epoxide rings is 1. The summed E-state index contributed by atoms with van der Waals surface area (Å²) in [5.74, 6) is 0. The van der Waals surface area contributed by atoms with Gasteiger partial charge in [-0.25, -0.2) is 0 Å². The lowest BCUT2D eigenvalue weighted by atomic mass is 9.95. The fourth-order valence-corrected chi connectivity index (χ4v) is 2.49. The molecule has 0 bridgehead atoms. The monoisotopic (exact) mass is 197 g/mol. The maximum absolute atomic E-state index is 5.59. The van der Waals surface area contributed by atoms with Gasteiger partial charge in [0.15, 0.2) is 0 Å². The Labute approximate surface area is 87.4 Å². The first kappa shape index (κ1) is 10.4. The van der Waals surface area contributed by atoms with Gasteiger partial charge < -0.3 is 10.1 Å². The van der Waals surface area contributed by atoms with Gasteiger partial charge in [-0.3, -0.25) is 0 Å². The third-order valence-corrected chi connectivity index (χ3v) is 3.47. The first-order chi connectivity index (χ1) is 6.90. The van der Waals surface area contributed by atoms with E-state index in [4.69, 9.17) is 4.74 Å². The summed E-state index contributed by atoms with van der Waals surface area (Å²) in [7, 11) is 0. The van der Waals surface area contributed by atoms with Gasteiger partial charge >= 0.3 is 0 Å². The van der Waals surface area contributed by atoms with Crippen molar-refractivity contribution in [2.75, 3.05) is 6.54 Å². The van der Waals surface area contributed by atoms with Gasteiger partial charge in [-0.2, -0.15) is 0 Å². The van der Waals surface area contributed by atoms with Gasteiger partial charge in [0.2, 0.25) is 0 Å². The Hall–Kier alpha value is -0.0800. The molecule has 2 nitrogen and oxygen atoms in total. The lowest BCUT2D eigenvalue weighted by Gasteiger charge is -2.22. The highest BCUT2D eigenvalue weighted by Gasteiger charge is 2.37. The normalized spacial score (nSPS) is 33.2. The average molecular weight is 197 g/mol. The van der Waals surface area contributed by atoms with E-state index in [-0.39, 0.29) is 0 Å². The molecule has 1 N–H and O–H groups in total. The lowest BCUT2D eigenvalue weighted by molar-refractivity contribution is 0.329. The quantitative estimate of drug-likeness (QED) is 0.685. The van der Waals surface area contributed by atoms with Gasteiger partial charge in [0, 0.05) is 12.6 Å². The van der Waals surface area contributed by atoms with Crippen LogP contribution in [0.5, 0.6) is 0 Å². The maximum atomic E-state index is 5.59. The Kier molecular flexibility index (Phi) is 3.82. The fraction of sp³-hybridized carbons (Fsp3) is 1.00. The van der Waals surface area contributed by atoms with Crippen molar-refractivity contribution in [3.8, 4) is 0 Å². The van der Waals surface area contributed by atoms with Gasteiger partial charge in [0.1, 0.15) is 0 Å². The van der Waals surface area contributed by atoms with Gasteiger partial charge in [-0.05, 0) is 19.3 Å². The molecule has 2 rings (SSSR count). The van der Waals surface area contributed by atoms with Crippen LogP contribution in [0.1, 0.15) is 51.9 Å². The smallest absolute Gasteiger partial charge is 0.0965 e. The Bertz CT molecular complexity index is 166. The van der Waals surface area contributed by atoms with E-state index in [0.717, 1.165) is 12.6 Å². The van der Waals surface area contributed by atoms with Crippen molar-refractivity contribution >= 4 is 0 Å². The van der Waals surface area contributed by atoms with E-state index in [0.29, 0.717) is 12.2 Å². The highest BCUT2D eigenvalue weighted by molar-refractivity contribution is 4.87. The minimum absolute atomic E-state index is 0.539. The minimum atomic E-state index is 0.539. The van der Waals surface area contributed by atoms with Crippen molar-refractivity contribution in [3.05, 3.63) is 0 Å². The average Bonchev–Trinajstić information content (AvgIpc) is 2.96. The molecule has 0 unspecified atom stereocenters. The van der Waals surface area contributed by atoms with Crippen LogP contribution in [0.2, 0.25) is 0 Å². The van der Waals surface area contributed by atoms with Gasteiger partial charge in [-0.1, -0.05) is 32.6 Å². The Morgan fingerprint density at radius 2 is 1.93 bits per heavy atom. The van der Waals surface area contributed by atoms with E-state index in [2.05, 4.69) is 12.2 Å². The highest BCUT2D eigenvalue weighted by Crippen LogP contribution is 2.26. The van der Waals surface area contributed by atoms with Crippen molar-refractivity contribution in [1.29, 1.82) is 0 Å². The molecule has 0 spiro atoms. The molecule has 2 atom stereocenters. The predicted octanol–water partition coefficient (Wildman–Crippen LogP) is 2.48. The van der Waals surface area contributed by atoms with Gasteiger partial charge in [0.25, 0.3) is 0 Å². The molecule has 1 heterocycles. The molecular weight excluding hydrogens is 174 g/mol. The van der Waals surface area contributed by atoms with Crippen LogP contribution in [0, 0.1) is 0 Å². The number of hydrogen-bond donors (Lipinski definition) is 1. The Morgan fingerprint density at radius 1 is 1.14 bits per heavy atom. The molecular formula is C12H23NO. The molecule has 0 aromatic heterocycles. The van der Waals surface area contributed by atoms with Gasteiger partial charge in [0.05, 0.1) is 12.2 Å². The van der Waals surface area contributed by atoms with Crippen molar-refractivity contribution in [2.24, 2.45) is 0 Å². The van der Waals surface area contributed by atoms with E-state index < -0.39 is 0 Å². The van der Waals surface area contributed by atoms with Crippen LogP contribution >= 0.6 is 0 Å². The Morgan fingerprint density at radius 3 is 2.64 bits per heavy atom. The molecule has 0 aromatic carbocycles. The van der Waals surface area contributed by atoms with Crippen LogP contribution in [0.25, 0.3) is 0 Å². The summed E-state index contributed by atoms with van der Waals surface area (Å²) in [5.41, 5.74) is 0. The first-order valence-corrected chi connectivity index (χ1v) is 6.29. The summed E-state index contributed by atoms with van der Waals surface area (Å²) in [6, 6.07) is 0.787. The number of ether oxygens (including phenoxy) is 1. The largest absolute Gasteiger partial charge is 0.368 e. The zero-order valence-corrected chi connectivity index (χ0v) is 9.30. The summed E-state index contributed by atoms with van der Waals surface area (Å²) in [5, 5.41) is 3.65. The molecule has 2 heteroatoms. The summed E-state index contributed by atoms with van der Waals surface area (Å²) in [4.78, 5) is 0. The van der Waals surface area contributed by atoms with Crippen molar-refractivity contribution in [3.63, 3.8) is 0 Å². The van der Waals surface area contributed by atoms with E-state index >= 15 is 0 Å². The van der Waals surface area contributed by atoms with E-state index in [1.54, 1.807) is 0 Å². The molecule has 0 aromatic rings. The van der Waals surface area contributed by atoms with Crippen molar-refractivity contribution in [1.82, 2.24) is 5.32 Å². The maximum Gasteiger partial charge on any atom is 0.0965 e. The molecule has 14 heavy (non-hydrogen) atoms. The topological polar surface area (TPSA) is 24.6 Å². The number of rotatable bonds is 5. The third-order valence-electron chi connectivity index (χ3n) is 3.47. The van der Waals surface area contributed by atoms with Crippen LogP contribution in [-0.2, 0) is 4.74 Å². The third kappa shape index (κ3) is 2.96. The second-order valence-corrected chi connectivity index (χ2v) is 4.74. The highest BCUT2D eigenvalue weighted by atomic mass is 16.6. The molecule has 0 radical (unpaired) electrons. The summed E-state index contributed by atoms with van der Waals surface area (Å²) in [6.45, 7) is 3.32. The number of hydrogen-bond acceptors (Lipinski definition) is 2. The molecule has 2 fully saturated rings. The van der Waals surface area contributed by atoms with E-state index in [1.165, 1.54) is 44.9 Å². The molecule has 1 saturated heterocycles. The molecule has 1 aliphatic carbocycles. The second kappa shape index (κ2) is 5.13. The summed E-state index contributed by atoms with van der Waals surface area (Å²) in [6.07, 6.45) is 10.7. The zero-order chi connectivity index (χ0) is 9.80. The first-order valence-electron chi connectivity index (χ1n) is 6.29. The molecule has 82 valence electrons. The summed E-state index contributed by atoms with van der Waals surface area (Å²) < 4.78 is 5.59. The van der Waals surface area contributed by atoms with Crippen molar-refractivity contribution in [2.45, 2.75) is 70.1 Å². The van der Waals surface area contributed by atoms with E-state index in [9.17, 15) is 0 Å². The summed E-state index contributed by atoms with van der Waals surface area (Å²) >= 11 is 0. The van der Waals surface area contributed by atoms with Crippen LogP contribution in [-0.4, -0.2) is 24.8 Å². The zero-order valence-electron chi connectivity index (χ0n) is 9.30. The Balaban J connectivity index is 1.54. The van der Waals surface area contributed by atoms with Gasteiger partial charge in [-0.15, -0.1) is 0 Å².